The molecular weight excluding hydrogens is 276 g/mol. The van der Waals surface area contributed by atoms with Crippen molar-refractivity contribution < 1.29 is 9.59 Å². The van der Waals surface area contributed by atoms with Crippen molar-refractivity contribution >= 4 is 17.5 Å². The van der Waals surface area contributed by atoms with Gasteiger partial charge in [-0.1, -0.05) is 25.5 Å². The van der Waals surface area contributed by atoms with Gasteiger partial charge in [-0.05, 0) is 43.4 Å². The zero-order chi connectivity index (χ0) is 15.8. The highest BCUT2D eigenvalue weighted by molar-refractivity contribution is 5.90. The number of amides is 2. The lowest BCUT2D eigenvalue weighted by Gasteiger charge is -2.15. The van der Waals surface area contributed by atoms with Crippen LogP contribution in [0.25, 0.3) is 0 Å². The normalized spacial score (nSPS) is 14.1. The number of carbonyl (C=O) groups is 2. The highest BCUT2D eigenvalue weighted by Gasteiger charge is 2.17. The Morgan fingerprint density at radius 2 is 1.77 bits per heavy atom. The van der Waals surface area contributed by atoms with Gasteiger partial charge < -0.3 is 10.2 Å². The molecule has 0 spiro atoms. The Kier molecular flexibility index (Phi) is 6.44. The molecule has 0 atom stereocenters. The zero-order valence-corrected chi connectivity index (χ0v) is 13.4. The third kappa shape index (κ3) is 5.17. The second-order valence-corrected chi connectivity index (χ2v) is 5.94. The molecule has 1 heterocycles. The van der Waals surface area contributed by atoms with E-state index in [0.717, 1.165) is 56.4 Å². The number of aryl methyl sites for hydroxylation is 1. The van der Waals surface area contributed by atoms with Crippen LogP contribution in [0.3, 0.4) is 0 Å². The molecule has 120 valence electrons. The number of unbranched alkanes of at least 4 members (excludes halogenated alkanes) is 1. The third-order valence-corrected chi connectivity index (χ3v) is 4.08. The fraction of sp³-hybridized carbons (Fsp3) is 0.556. The van der Waals surface area contributed by atoms with Crippen LogP contribution in [0, 0.1) is 0 Å². The van der Waals surface area contributed by atoms with Crippen molar-refractivity contribution in [3.8, 4) is 0 Å². The summed E-state index contributed by atoms with van der Waals surface area (Å²) in [5.74, 6) is 0.327. The smallest absolute Gasteiger partial charge is 0.224 e. The SMILES string of the molecule is CCCCC(=O)Nc1ccc(CCC(=O)N2CCCC2)cc1. The molecule has 1 aromatic rings. The van der Waals surface area contributed by atoms with Crippen molar-refractivity contribution in [1.29, 1.82) is 0 Å². The molecule has 0 unspecified atom stereocenters. The first-order chi connectivity index (χ1) is 10.7. The number of nitrogens with one attached hydrogen (secondary N) is 1. The first-order valence-corrected chi connectivity index (χ1v) is 8.35. The molecule has 2 rings (SSSR count). The van der Waals surface area contributed by atoms with Gasteiger partial charge in [-0.3, -0.25) is 9.59 Å². The highest BCUT2D eigenvalue weighted by atomic mass is 16.2. The Labute approximate surface area is 132 Å². The molecule has 4 nitrogen and oxygen atoms in total. The minimum Gasteiger partial charge on any atom is -0.343 e. The van der Waals surface area contributed by atoms with Gasteiger partial charge >= 0.3 is 0 Å². The van der Waals surface area contributed by atoms with E-state index in [1.54, 1.807) is 0 Å². The number of carbonyl (C=O) groups excluding carboxylic acids is 2. The number of hydrogen-bond donors (Lipinski definition) is 1. The van der Waals surface area contributed by atoms with Crippen molar-refractivity contribution in [2.75, 3.05) is 18.4 Å². The van der Waals surface area contributed by atoms with Crippen LogP contribution in [0.5, 0.6) is 0 Å². The summed E-state index contributed by atoms with van der Waals surface area (Å²) in [6.45, 7) is 3.91. The van der Waals surface area contributed by atoms with Gasteiger partial charge in [0, 0.05) is 31.6 Å². The summed E-state index contributed by atoms with van der Waals surface area (Å²) in [4.78, 5) is 25.6. The average molecular weight is 302 g/mol. The van der Waals surface area contributed by atoms with E-state index < -0.39 is 0 Å². The summed E-state index contributed by atoms with van der Waals surface area (Å²) in [7, 11) is 0. The molecule has 1 fully saturated rings. The molecule has 1 aliphatic rings. The van der Waals surface area contributed by atoms with E-state index in [4.69, 9.17) is 0 Å². The highest BCUT2D eigenvalue weighted by Crippen LogP contribution is 2.14. The number of nitrogens with zero attached hydrogens (tertiary/aromatic N) is 1. The van der Waals surface area contributed by atoms with Gasteiger partial charge in [-0.25, -0.2) is 0 Å². The Balaban J connectivity index is 1.76. The summed E-state index contributed by atoms with van der Waals surface area (Å²) in [5, 5.41) is 2.90. The second-order valence-electron chi connectivity index (χ2n) is 5.94. The molecule has 0 bridgehead atoms. The molecule has 0 saturated carbocycles. The van der Waals surface area contributed by atoms with Crippen LogP contribution in [-0.4, -0.2) is 29.8 Å². The van der Waals surface area contributed by atoms with E-state index in [2.05, 4.69) is 12.2 Å². The van der Waals surface area contributed by atoms with Crippen molar-refractivity contribution in [2.45, 2.75) is 51.9 Å². The maximum Gasteiger partial charge on any atom is 0.224 e. The molecule has 0 aliphatic carbocycles. The number of hydrogen-bond acceptors (Lipinski definition) is 2. The Bertz CT molecular complexity index is 490. The number of rotatable bonds is 7. The molecule has 1 saturated heterocycles. The monoisotopic (exact) mass is 302 g/mol. The summed E-state index contributed by atoms with van der Waals surface area (Å²) in [6, 6.07) is 7.82. The second kappa shape index (κ2) is 8.57. The van der Waals surface area contributed by atoms with Crippen LogP contribution >= 0.6 is 0 Å². The first-order valence-electron chi connectivity index (χ1n) is 8.35. The minimum atomic E-state index is 0.0683. The fourth-order valence-corrected chi connectivity index (χ4v) is 2.69. The topological polar surface area (TPSA) is 49.4 Å². The van der Waals surface area contributed by atoms with Crippen LogP contribution in [0.4, 0.5) is 5.69 Å². The van der Waals surface area contributed by atoms with Gasteiger partial charge in [0.15, 0.2) is 0 Å². The summed E-state index contributed by atoms with van der Waals surface area (Å²) in [6.07, 6.45) is 6.13. The quantitative estimate of drug-likeness (QED) is 0.839. The van der Waals surface area contributed by atoms with Crippen molar-refractivity contribution in [3.63, 3.8) is 0 Å². The number of likely N-dealkylation sites (tertiary alicyclic amines) is 1. The largest absolute Gasteiger partial charge is 0.343 e. The predicted molar refractivity (Wildman–Crippen MR) is 88.7 cm³/mol. The van der Waals surface area contributed by atoms with Gasteiger partial charge in [0.1, 0.15) is 0 Å². The van der Waals surface area contributed by atoms with Gasteiger partial charge in [0.05, 0.1) is 0 Å². The zero-order valence-electron chi connectivity index (χ0n) is 13.4. The van der Waals surface area contributed by atoms with Crippen LogP contribution in [-0.2, 0) is 16.0 Å². The lowest BCUT2D eigenvalue weighted by atomic mass is 10.1. The average Bonchev–Trinajstić information content (AvgIpc) is 3.06. The van der Waals surface area contributed by atoms with Crippen LogP contribution in [0.1, 0.15) is 51.0 Å². The van der Waals surface area contributed by atoms with Crippen molar-refractivity contribution in [1.82, 2.24) is 4.90 Å². The number of anilines is 1. The summed E-state index contributed by atoms with van der Waals surface area (Å²) in [5.41, 5.74) is 1.97. The van der Waals surface area contributed by atoms with Crippen LogP contribution in [0.2, 0.25) is 0 Å². The lowest BCUT2D eigenvalue weighted by Crippen LogP contribution is -2.27. The van der Waals surface area contributed by atoms with E-state index in [0.29, 0.717) is 12.8 Å². The summed E-state index contributed by atoms with van der Waals surface area (Å²) >= 11 is 0. The number of benzene rings is 1. The Hall–Kier alpha value is -1.84. The maximum absolute atomic E-state index is 12.0. The van der Waals surface area contributed by atoms with Gasteiger partial charge in [-0.15, -0.1) is 0 Å². The molecule has 0 aromatic heterocycles. The fourth-order valence-electron chi connectivity index (χ4n) is 2.69. The van der Waals surface area contributed by atoms with E-state index >= 15 is 0 Å². The van der Waals surface area contributed by atoms with Gasteiger partial charge in [0.2, 0.25) is 11.8 Å². The molecule has 0 radical (unpaired) electrons. The van der Waals surface area contributed by atoms with Crippen molar-refractivity contribution in [2.24, 2.45) is 0 Å². The molecule has 1 N–H and O–H groups in total. The molecule has 2 amide bonds. The molecular formula is C18H26N2O2. The first kappa shape index (κ1) is 16.5. The predicted octanol–water partition coefficient (Wildman–Crippen LogP) is 3.37. The standard InChI is InChI=1S/C18H26N2O2/c1-2-3-6-17(21)19-16-10-7-15(8-11-16)9-12-18(22)20-13-4-5-14-20/h7-8,10-11H,2-6,9,12-14H2,1H3,(H,19,21). The lowest BCUT2D eigenvalue weighted by molar-refractivity contribution is -0.130. The van der Waals surface area contributed by atoms with E-state index in [1.807, 2.05) is 29.2 Å². The molecule has 22 heavy (non-hydrogen) atoms. The molecule has 4 heteroatoms. The van der Waals surface area contributed by atoms with E-state index in [-0.39, 0.29) is 11.8 Å². The Morgan fingerprint density at radius 3 is 2.41 bits per heavy atom. The van der Waals surface area contributed by atoms with Gasteiger partial charge in [0.25, 0.3) is 0 Å². The van der Waals surface area contributed by atoms with Crippen molar-refractivity contribution in [3.05, 3.63) is 29.8 Å². The molecule has 1 aromatic carbocycles. The molecule has 1 aliphatic heterocycles. The van der Waals surface area contributed by atoms with Gasteiger partial charge in [-0.2, -0.15) is 0 Å². The summed E-state index contributed by atoms with van der Waals surface area (Å²) < 4.78 is 0. The third-order valence-electron chi connectivity index (χ3n) is 4.08. The minimum absolute atomic E-state index is 0.0683. The maximum atomic E-state index is 12.0. The van der Waals surface area contributed by atoms with Crippen LogP contribution < -0.4 is 5.32 Å². The Morgan fingerprint density at radius 1 is 1.09 bits per heavy atom. The van der Waals surface area contributed by atoms with E-state index in [1.165, 1.54) is 0 Å². The van der Waals surface area contributed by atoms with Crippen LogP contribution in [0.15, 0.2) is 24.3 Å². The van der Waals surface area contributed by atoms with E-state index in [9.17, 15) is 9.59 Å².